The van der Waals surface area contributed by atoms with Crippen LogP contribution < -0.4 is 4.74 Å². The van der Waals surface area contributed by atoms with E-state index in [1.165, 1.54) is 12.7 Å². The molecule has 0 aliphatic carbocycles. The second-order valence-electron chi connectivity index (χ2n) is 6.35. The SMILES string of the molecule is COC(=O)C(=O)CCCCCOc1ccc(C(C)(C)C)cc1. The van der Waals surface area contributed by atoms with Crippen LogP contribution in [0.2, 0.25) is 0 Å². The van der Waals surface area contributed by atoms with Crippen LogP contribution in [0.5, 0.6) is 5.75 Å². The summed E-state index contributed by atoms with van der Waals surface area (Å²) in [6, 6.07) is 8.15. The fraction of sp³-hybridized carbons (Fsp3) is 0.556. The van der Waals surface area contributed by atoms with Gasteiger partial charge in [-0.25, -0.2) is 4.79 Å². The van der Waals surface area contributed by atoms with Crippen molar-refractivity contribution in [3.63, 3.8) is 0 Å². The van der Waals surface area contributed by atoms with Gasteiger partial charge in [-0.15, -0.1) is 0 Å². The van der Waals surface area contributed by atoms with E-state index in [1.54, 1.807) is 0 Å². The van der Waals surface area contributed by atoms with E-state index < -0.39 is 11.8 Å². The van der Waals surface area contributed by atoms with Crippen molar-refractivity contribution in [2.45, 2.75) is 51.9 Å². The number of ether oxygens (including phenoxy) is 2. The largest absolute Gasteiger partial charge is 0.494 e. The molecule has 0 amide bonds. The number of unbranched alkanes of at least 4 members (excludes halogenated alkanes) is 2. The molecule has 0 atom stereocenters. The first-order valence-corrected chi connectivity index (χ1v) is 7.69. The predicted molar refractivity (Wildman–Crippen MR) is 86.1 cm³/mol. The van der Waals surface area contributed by atoms with Crippen molar-refractivity contribution in [1.82, 2.24) is 0 Å². The van der Waals surface area contributed by atoms with Crippen molar-refractivity contribution in [3.05, 3.63) is 29.8 Å². The molecule has 1 aromatic rings. The molecule has 4 nitrogen and oxygen atoms in total. The lowest BCUT2D eigenvalue weighted by Gasteiger charge is -2.19. The summed E-state index contributed by atoms with van der Waals surface area (Å²) in [7, 11) is 1.22. The average molecular weight is 306 g/mol. The van der Waals surface area contributed by atoms with Crippen LogP contribution in [0.1, 0.15) is 52.0 Å². The van der Waals surface area contributed by atoms with E-state index in [2.05, 4.69) is 37.6 Å². The van der Waals surface area contributed by atoms with Gasteiger partial charge in [0.05, 0.1) is 13.7 Å². The fourth-order valence-electron chi connectivity index (χ4n) is 2.02. The van der Waals surface area contributed by atoms with E-state index in [4.69, 9.17) is 4.74 Å². The van der Waals surface area contributed by atoms with Crippen LogP contribution in [-0.4, -0.2) is 25.5 Å². The normalized spacial score (nSPS) is 11.1. The number of rotatable bonds is 8. The summed E-state index contributed by atoms with van der Waals surface area (Å²) < 4.78 is 10.0. The lowest BCUT2D eigenvalue weighted by atomic mass is 9.87. The van der Waals surface area contributed by atoms with Crippen molar-refractivity contribution in [2.24, 2.45) is 0 Å². The van der Waals surface area contributed by atoms with Gasteiger partial charge in [0.1, 0.15) is 5.75 Å². The minimum absolute atomic E-state index is 0.144. The number of esters is 1. The Labute approximate surface area is 132 Å². The molecule has 0 aliphatic rings. The van der Waals surface area contributed by atoms with Crippen LogP contribution >= 0.6 is 0 Å². The van der Waals surface area contributed by atoms with E-state index in [9.17, 15) is 9.59 Å². The monoisotopic (exact) mass is 306 g/mol. The zero-order chi connectivity index (χ0) is 16.6. The zero-order valence-electron chi connectivity index (χ0n) is 14.0. The molecule has 0 spiro atoms. The van der Waals surface area contributed by atoms with Crippen molar-refractivity contribution >= 4 is 11.8 Å². The number of hydrogen-bond acceptors (Lipinski definition) is 4. The molecule has 0 bridgehead atoms. The van der Waals surface area contributed by atoms with Crippen LogP contribution in [0.4, 0.5) is 0 Å². The van der Waals surface area contributed by atoms with Gasteiger partial charge in [0.15, 0.2) is 0 Å². The van der Waals surface area contributed by atoms with E-state index in [-0.39, 0.29) is 11.8 Å². The molecule has 122 valence electrons. The van der Waals surface area contributed by atoms with Gasteiger partial charge >= 0.3 is 5.97 Å². The lowest BCUT2D eigenvalue weighted by molar-refractivity contribution is -0.151. The number of ketones is 1. The Bertz CT molecular complexity index is 483. The van der Waals surface area contributed by atoms with E-state index in [0.717, 1.165) is 18.6 Å². The van der Waals surface area contributed by atoms with E-state index in [0.29, 0.717) is 13.0 Å². The van der Waals surface area contributed by atoms with Gasteiger partial charge in [-0.2, -0.15) is 0 Å². The summed E-state index contributed by atoms with van der Waals surface area (Å²) in [5.41, 5.74) is 1.42. The maximum Gasteiger partial charge on any atom is 0.374 e. The molecule has 0 aliphatic heterocycles. The summed E-state index contributed by atoms with van der Waals surface area (Å²) in [4.78, 5) is 22.2. The fourth-order valence-corrected chi connectivity index (χ4v) is 2.02. The van der Waals surface area contributed by atoms with Gasteiger partial charge < -0.3 is 9.47 Å². The second-order valence-corrected chi connectivity index (χ2v) is 6.35. The quantitative estimate of drug-likeness (QED) is 0.418. The third-order valence-electron chi connectivity index (χ3n) is 3.45. The number of benzene rings is 1. The number of carbonyl (C=O) groups excluding carboxylic acids is 2. The molecule has 0 saturated carbocycles. The van der Waals surface area contributed by atoms with E-state index >= 15 is 0 Å². The van der Waals surface area contributed by atoms with Gasteiger partial charge in [0.25, 0.3) is 0 Å². The highest BCUT2D eigenvalue weighted by atomic mass is 16.5. The van der Waals surface area contributed by atoms with Crippen LogP contribution in [-0.2, 0) is 19.7 Å². The second kappa shape index (κ2) is 8.57. The first-order valence-electron chi connectivity index (χ1n) is 7.69. The molecule has 0 radical (unpaired) electrons. The average Bonchev–Trinajstić information content (AvgIpc) is 2.49. The third-order valence-corrected chi connectivity index (χ3v) is 3.45. The van der Waals surface area contributed by atoms with Crippen molar-refractivity contribution in [2.75, 3.05) is 13.7 Å². The molecule has 0 saturated heterocycles. The Morgan fingerprint density at radius 2 is 1.64 bits per heavy atom. The molecule has 1 rings (SSSR count). The van der Waals surface area contributed by atoms with Crippen molar-refractivity contribution in [1.29, 1.82) is 0 Å². The molecule has 0 heterocycles. The molecule has 22 heavy (non-hydrogen) atoms. The Morgan fingerprint density at radius 3 is 2.18 bits per heavy atom. The van der Waals surface area contributed by atoms with Crippen molar-refractivity contribution in [3.8, 4) is 5.75 Å². The summed E-state index contributed by atoms with van der Waals surface area (Å²) >= 11 is 0. The molecule has 4 heteroatoms. The maximum absolute atomic E-state index is 11.2. The molecule has 1 aromatic carbocycles. The number of carbonyl (C=O) groups is 2. The number of hydrogen-bond donors (Lipinski definition) is 0. The van der Waals surface area contributed by atoms with Crippen LogP contribution in [0.15, 0.2) is 24.3 Å². The first kappa shape index (κ1) is 18.2. The Morgan fingerprint density at radius 1 is 1.00 bits per heavy atom. The van der Waals surface area contributed by atoms with Gasteiger partial charge in [-0.1, -0.05) is 32.9 Å². The molecular formula is C18H26O4. The van der Waals surface area contributed by atoms with Gasteiger partial charge in [-0.3, -0.25) is 4.79 Å². The Balaban J connectivity index is 2.20. The summed E-state index contributed by atoms with van der Waals surface area (Å²) in [5, 5.41) is 0. The van der Waals surface area contributed by atoms with Gasteiger partial charge in [-0.05, 0) is 42.4 Å². The Kier molecular flexibility index (Phi) is 7.09. The van der Waals surface area contributed by atoms with Gasteiger partial charge in [0.2, 0.25) is 5.78 Å². The molecule has 0 unspecified atom stereocenters. The van der Waals surface area contributed by atoms with E-state index in [1.807, 2.05) is 12.1 Å². The zero-order valence-corrected chi connectivity index (χ0v) is 14.0. The standard InChI is InChI=1S/C18H26O4/c1-18(2,3)14-9-11-15(12-10-14)22-13-7-5-6-8-16(19)17(20)21-4/h9-12H,5-8,13H2,1-4H3. The number of Topliss-reactive ketones (excluding diaryl/α,β-unsaturated/α-hetero) is 1. The molecular weight excluding hydrogens is 280 g/mol. The van der Waals surface area contributed by atoms with Crippen LogP contribution in [0.3, 0.4) is 0 Å². The smallest absolute Gasteiger partial charge is 0.374 e. The highest BCUT2D eigenvalue weighted by molar-refractivity contribution is 6.33. The predicted octanol–water partition coefficient (Wildman–Crippen LogP) is 3.67. The highest BCUT2D eigenvalue weighted by Gasteiger charge is 2.13. The summed E-state index contributed by atoms with van der Waals surface area (Å²) in [6.07, 6.45) is 2.63. The Hall–Kier alpha value is -1.84. The lowest BCUT2D eigenvalue weighted by Crippen LogP contribution is -2.15. The number of methoxy groups -OCH3 is 1. The minimum atomic E-state index is -0.754. The maximum atomic E-state index is 11.2. The summed E-state index contributed by atoms with van der Waals surface area (Å²) in [5.74, 6) is -0.352. The topological polar surface area (TPSA) is 52.6 Å². The molecule has 0 N–H and O–H groups in total. The van der Waals surface area contributed by atoms with Gasteiger partial charge in [0, 0.05) is 6.42 Å². The van der Waals surface area contributed by atoms with Crippen molar-refractivity contribution < 1.29 is 19.1 Å². The minimum Gasteiger partial charge on any atom is -0.494 e. The molecule has 0 fully saturated rings. The highest BCUT2D eigenvalue weighted by Crippen LogP contribution is 2.24. The van der Waals surface area contributed by atoms with Crippen LogP contribution in [0.25, 0.3) is 0 Å². The first-order chi connectivity index (χ1) is 10.3. The molecule has 0 aromatic heterocycles. The summed E-state index contributed by atoms with van der Waals surface area (Å²) in [6.45, 7) is 7.15. The third kappa shape index (κ3) is 6.29. The van der Waals surface area contributed by atoms with Crippen LogP contribution in [0, 0.1) is 0 Å².